The number of ether oxygens (including phenoxy) is 1. The Morgan fingerprint density at radius 2 is 2.00 bits per heavy atom. The summed E-state index contributed by atoms with van der Waals surface area (Å²) in [6, 6.07) is 9.36. The maximum Gasteiger partial charge on any atom is 0.409 e. The van der Waals surface area contributed by atoms with Gasteiger partial charge in [0.1, 0.15) is 5.82 Å². The maximum absolute atomic E-state index is 12.2. The summed E-state index contributed by atoms with van der Waals surface area (Å²) in [7, 11) is 0. The van der Waals surface area contributed by atoms with Crippen LogP contribution >= 0.6 is 0 Å². The van der Waals surface area contributed by atoms with Gasteiger partial charge < -0.3 is 20.3 Å². The molecule has 8 heteroatoms. The summed E-state index contributed by atoms with van der Waals surface area (Å²) >= 11 is 0. The van der Waals surface area contributed by atoms with E-state index in [1.165, 1.54) is 0 Å². The third-order valence-electron chi connectivity index (χ3n) is 4.55. The highest BCUT2D eigenvalue weighted by molar-refractivity contribution is 5.93. The second-order valence-electron chi connectivity index (χ2n) is 6.54. The molecule has 0 bridgehead atoms. The summed E-state index contributed by atoms with van der Waals surface area (Å²) in [4.78, 5) is 34.2. The molecule has 0 unspecified atom stereocenters. The molecule has 0 aromatic carbocycles. The van der Waals surface area contributed by atoms with Crippen molar-refractivity contribution >= 4 is 17.8 Å². The molecule has 1 fully saturated rings. The summed E-state index contributed by atoms with van der Waals surface area (Å²) in [6.07, 6.45) is 4.66. The molecule has 2 amide bonds. The first-order valence-corrected chi connectivity index (χ1v) is 9.48. The zero-order valence-corrected chi connectivity index (χ0v) is 15.9. The van der Waals surface area contributed by atoms with Crippen LogP contribution in [0.4, 0.5) is 10.6 Å². The number of rotatable bonds is 6. The number of amides is 2. The average Bonchev–Trinajstić information content (AvgIpc) is 2.74. The van der Waals surface area contributed by atoms with E-state index >= 15 is 0 Å². The topological polar surface area (TPSA) is 96.5 Å². The second-order valence-corrected chi connectivity index (χ2v) is 6.54. The number of carbonyl (C=O) groups is 2. The van der Waals surface area contributed by atoms with Crippen molar-refractivity contribution in [2.75, 3.05) is 25.0 Å². The zero-order valence-electron chi connectivity index (χ0n) is 15.9. The summed E-state index contributed by atoms with van der Waals surface area (Å²) in [5.41, 5.74) is 1.30. The van der Waals surface area contributed by atoms with Crippen LogP contribution < -0.4 is 10.6 Å². The van der Waals surface area contributed by atoms with Crippen molar-refractivity contribution in [2.45, 2.75) is 32.4 Å². The van der Waals surface area contributed by atoms with Crippen LogP contribution in [-0.4, -0.2) is 52.6 Å². The molecule has 0 aliphatic carbocycles. The Balaban J connectivity index is 1.45. The second kappa shape index (κ2) is 9.68. The molecule has 2 aromatic heterocycles. The van der Waals surface area contributed by atoms with Gasteiger partial charge in [0.15, 0.2) is 0 Å². The van der Waals surface area contributed by atoms with E-state index < -0.39 is 0 Å². The number of aromatic nitrogens is 2. The van der Waals surface area contributed by atoms with E-state index in [0.29, 0.717) is 31.8 Å². The summed E-state index contributed by atoms with van der Waals surface area (Å²) in [5.74, 6) is 0.531. The molecule has 1 saturated heterocycles. The van der Waals surface area contributed by atoms with Gasteiger partial charge in [-0.2, -0.15) is 0 Å². The van der Waals surface area contributed by atoms with Gasteiger partial charge in [0, 0.05) is 31.5 Å². The lowest BCUT2D eigenvalue weighted by Crippen LogP contribution is -2.42. The van der Waals surface area contributed by atoms with E-state index in [2.05, 4.69) is 20.6 Å². The van der Waals surface area contributed by atoms with Crippen molar-refractivity contribution in [1.82, 2.24) is 20.2 Å². The predicted octanol–water partition coefficient (Wildman–Crippen LogP) is 2.44. The summed E-state index contributed by atoms with van der Waals surface area (Å²) < 4.78 is 5.03. The van der Waals surface area contributed by atoms with Gasteiger partial charge in [0.2, 0.25) is 0 Å². The molecule has 8 nitrogen and oxygen atoms in total. The summed E-state index contributed by atoms with van der Waals surface area (Å²) in [6.45, 7) is 3.89. The molecule has 3 rings (SSSR count). The number of likely N-dealkylation sites (tertiary alicyclic amines) is 1. The normalized spacial score (nSPS) is 14.4. The van der Waals surface area contributed by atoms with E-state index in [1.807, 2.05) is 18.2 Å². The Morgan fingerprint density at radius 3 is 2.64 bits per heavy atom. The molecule has 0 radical (unpaired) electrons. The van der Waals surface area contributed by atoms with E-state index in [0.717, 1.165) is 24.4 Å². The Bertz CT molecular complexity index is 774. The lowest BCUT2D eigenvalue weighted by Gasteiger charge is -2.31. The molecular formula is C20H25N5O3. The minimum atomic E-state index is -0.250. The van der Waals surface area contributed by atoms with Crippen molar-refractivity contribution in [3.63, 3.8) is 0 Å². The first-order valence-electron chi connectivity index (χ1n) is 9.48. The van der Waals surface area contributed by atoms with E-state index in [-0.39, 0.29) is 18.0 Å². The number of nitrogens with one attached hydrogen (secondary N) is 2. The molecule has 1 aliphatic rings. The first-order chi connectivity index (χ1) is 13.7. The van der Waals surface area contributed by atoms with Gasteiger partial charge in [-0.3, -0.25) is 9.78 Å². The highest BCUT2D eigenvalue weighted by Crippen LogP contribution is 2.16. The molecule has 1 aliphatic heterocycles. The summed E-state index contributed by atoms with van der Waals surface area (Å²) in [5, 5.41) is 6.20. The van der Waals surface area contributed by atoms with E-state index in [1.54, 1.807) is 36.4 Å². The smallest absolute Gasteiger partial charge is 0.409 e. The van der Waals surface area contributed by atoms with Gasteiger partial charge in [-0.15, -0.1) is 0 Å². The molecule has 28 heavy (non-hydrogen) atoms. The number of nitrogens with zero attached hydrogens (tertiary/aromatic N) is 3. The highest BCUT2D eigenvalue weighted by atomic mass is 16.6. The van der Waals surface area contributed by atoms with Gasteiger partial charge in [-0.25, -0.2) is 9.78 Å². The molecule has 2 aromatic rings. The fourth-order valence-electron chi connectivity index (χ4n) is 3.02. The quantitative estimate of drug-likeness (QED) is 0.795. The number of hydrogen-bond acceptors (Lipinski definition) is 6. The van der Waals surface area contributed by atoms with E-state index in [9.17, 15) is 9.59 Å². The van der Waals surface area contributed by atoms with Gasteiger partial charge >= 0.3 is 6.09 Å². The minimum Gasteiger partial charge on any atom is -0.450 e. The third-order valence-corrected chi connectivity index (χ3v) is 4.55. The highest BCUT2D eigenvalue weighted by Gasteiger charge is 2.23. The number of carbonyl (C=O) groups excluding carboxylic acids is 2. The molecule has 0 saturated carbocycles. The number of hydrogen-bond donors (Lipinski definition) is 2. The van der Waals surface area contributed by atoms with Crippen molar-refractivity contribution < 1.29 is 14.3 Å². The predicted molar refractivity (Wildman–Crippen MR) is 105 cm³/mol. The SMILES string of the molecule is CCOC(=O)N1CCC(Nc2ccc(C(=O)NCc3ccccn3)cn2)CC1. The minimum absolute atomic E-state index is 0.188. The first kappa shape index (κ1) is 19.6. The van der Waals surface area contributed by atoms with Crippen molar-refractivity contribution in [3.05, 3.63) is 54.0 Å². The Labute approximate surface area is 164 Å². The van der Waals surface area contributed by atoms with Gasteiger partial charge in [-0.1, -0.05) is 6.07 Å². The number of anilines is 1. The van der Waals surface area contributed by atoms with Crippen LogP contribution in [0.5, 0.6) is 0 Å². The molecule has 148 valence electrons. The lowest BCUT2D eigenvalue weighted by atomic mass is 10.1. The van der Waals surface area contributed by atoms with Gasteiger partial charge in [0.25, 0.3) is 5.91 Å². The Hall–Kier alpha value is -3.16. The van der Waals surface area contributed by atoms with Crippen molar-refractivity contribution in [3.8, 4) is 0 Å². The van der Waals surface area contributed by atoms with E-state index in [4.69, 9.17) is 4.74 Å². The molecule has 0 atom stereocenters. The van der Waals surface area contributed by atoms with Gasteiger partial charge in [-0.05, 0) is 44.0 Å². The number of pyridine rings is 2. The van der Waals surface area contributed by atoms with Crippen LogP contribution in [0.2, 0.25) is 0 Å². The van der Waals surface area contributed by atoms with Crippen LogP contribution in [0.25, 0.3) is 0 Å². The van der Waals surface area contributed by atoms with Gasteiger partial charge in [0.05, 0.1) is 24.4 Å². The van der Waals surface area contributed by atoms with Crippen molar-refractivity contribution in [2.24, 2.45) is 0 Å². The van der Waals surface area contributed by atoms with Crippen LogP contribution in [-0.2, 0) is 11.3 Å². The Kier molecular flexibility index (Phi) is 6.78. The van der Waals surface area contributed by atoms with Crippen LogP contribution in [0.15, 0.2) is 42.7 Å². The fraction of sp³-hybridized carbons (Fsp3) is 0.400. The van der Waals surface area contributed by atoms with Crippen LogP contribution in [0.1, 0.15) is 35.8 Å². The molecule has 0 spiro atoms. The Morgan fingerprint density at radius 1 is 1.18 bits per heavy atom. The molecule has 3 heterocycles. The molecule has 2 N–H and O–H groups in total. The number of piperidine rings is 1. The maximum atomic E-state index is 12.2. The average molecular weight is 383 g/mol. The largest absolute Gasteiger partial charge is 0.450 e. The molecular weight excluding hydrogens is 358 g/mol. The monoisotopic (exact) mass is 383 g/mol. The van der Waals surface area contributed by atoms with Crippen LogP contribution in [0, 0.1) is 0 Å². The zero-order chi connectivity index (χ0) is 19.8. The van der Waals surface area contributed by atoms with Crippen LogP contribution in [0.3, 0.4) is 0 Å². The standard InChI is InChI=1S/C20H25N5O3/c1-2-28-20(27)25-11-8-16(9-12-25)24-18-7-6-15(13-22-18)19(26)23-14-17-5-3-4-10-21-17/h3-7,10,13,16H,2,8-9,11-12,14H2,1H3,(H,22,24)(H,23,26). The third kappa shape index (κ3) is 5.42. The van der Waals surface area contributed by atoms with Crippen molar-refractivity contribution in [1.29, 1.82) is 0 Å². The fourth-order valence-corrected chi connectivity index (χ4v) is 3.02. The lowest BCUT2D eigenvalue weighted by molar-refractivity contribution is 0.0948.